The fourth-order valence-electron chi connectivity index (χ4n) is 2.08. The van der Waals surface area contributed by atoms with Gasteiger partial charge in [0.15, 0.2) is 0 Å². The first-order valence-corrected chi connectivity index (χ1v) is 5.34. The molecule has 4 heteroatoms. The molecule has 0 aromatic rings. The van der Waals surface area contributed by atoms with Crippen LogP contribution in [0.2, 0.25) is 0 Å². The van der Waals surface area contributed by atoms with Crippen molar-refractivity contribution in [3.8, 4) is 0 Å². The largest absolute Gasteiger partial charge is 0.475 e. The summed E-state index contributed by atoms with van der Waals surface area (Å²) in [6, 6.07) is 0.271. The Bertz CT molecular complexity index is 284. The third kappa shape index (κ3) is 2.70. The standard InChI is InChI=1S/C11H20N2O2/c1-8-5-6-11(2,3)7-13(8)9(12-4)10(14)15/h8H,5-7H2,1-4H3,(H,14,15)/b12-9-. The number of carboxylic acid groups (broad SMARTS) is 1. The number of hydrogen-bond donors (Lipinski definition) is 1. The normalized spacial score (nSPS) is 26.5. The number of carboxylic acids is 1. The maximum atomic E-state index is 11.0. The fraction of sp³-hybridized carbons (Fsp3) is 0.818. The number of aliphatic carboxylic acids is 1. The highest BCUT2D eigenvalue weighted by Crippen LogP contribution is 2.31. The molecule has 1 rings (SSSR count). The summed E-state index contributed by atoms with van der Waals surface area (Å²) in [6.45, 7) is 7.17. The van der Waals surface area contributed by atoms with E-state index in [1.54, 1.807) is 0 Å². The maximum absolute atomic E-state index is 11.0. The van der Waals surface area contributed by atoms with Crippen LogP contribution in [0.1, 0.15) is 33.6 Å². The van der Waals surface area contributed by atoms with Gasteiger partial charge in [0.05, 0.1) is 0 Å². The molecule has 0 amide bonds. The summed E-state index contributed by atoms with van der Waals surface area (Å²) in [4.78, 5) is 16.8. The number of amidine groups is 1. The molecule has 1 heterocycles. The van der Waals surface area contributed by atoms with Crippen LogP contribution < -0.4 is 0 Å². The summed E-state index contributed by atoms with van der Waals surface area (Å²) in [6.07, 6.45) is 2.17. The van der Waals surface area contributed by atoms with E-state index < -0.39 is 5.97 Å². The second-order valence-electron chi connectivity index (χ2n) is 5.03. The SMILES string of the molecule is C/N=C(/C(=O)O)N1CC(C)(C)CCC1C. The highest BCUT2D eigenvalue weighted by Gasteiger charge is 2.34. The number of aliphatic imine (C=N–C) groups is 1. The Hall–Kier alpha value is -1.06. The molecule has 0 aliphatic carbocycles. The highest BCUT2D eigenvalue weighted by molar-refractivity contribution is 6.34. The van der Waals surface area contributed by atoms with Gasteiger partial charge in [-0.25, -0.2) is 4.79 Å². The summed E-state index contributed by atoms with van der Waals surface area (Å²) >= 11 is 0. The second kappa shape index (κ2) is 4.21. The first-order chi connectivity index (χ1) is 6.87. The molecule has 0 aromatic heterocycles. The molecule has 1 fully saturated rings. The van der Waals surface area contributed by atoms with Gasteiger partial charge in [0, 0.05) is 19.6 Å². The molecular formula is C11H20N2O2. The first-order valence-electron chi connectivity index (χ1n) is 5.34. The lowest BCUT2D eigenvalue weighted by molar-refractivity contribution is -0.130. The highest BCUT2D eigenvalue weighted by atomic mass is 16.4. The van der Waals surface area contributed by atoms with E-state index in [1.165, 1.54) is 7.05 Å². The minimum Gasteiger partial charge on any atom is -0.475 e. The van der Waals surface area contributed by atoms with Crippen LogP contribution in [-0.4, -0.2) is 41.4 Å². The van der Waals surface area contributed by atoms with Gasteiger partial charge in [-0.15, -0.1) is 0 Å². The summed E-state index contributed by atoms with van der Waals surface area (Å²) in [5.74, 6) is -0.739. The monoisotopic (exact) mass is 212 g/mol. The third-order valence-corrected chi connectivity index (χ3v) is 3.04. The molecule has 15 heavy (non-hydrogen) atoms. The summed E-state index contributed by atoms with van der Waals surface area (Å²) in [5, 5.41) is 9.04. The van der Waals surface area contributed by atoms with Crippen molar-refractivity contribution < 1.29 is 9.90 Å². The van der Waals surface area contributed by atoms with Crippen molar-refractivity contribution >= 4 is 11.8 Å². The Balaban J connectivity index is 2.87. The van der Waals surface area contributed by atoms with Gasteiger partial charge in [-0.3, -0.25) is 4.99 Å². The third-order valence-electron chi connectivity index (χ3n) is 3.04. The molecule has 1 atom stereocenters. The topological polar surface area (TPSA) is 52.9 Å². The van der Waals surface area contributed by atoms with Gasteiger partial charge in [-0.2, -0.15) is 0 Å². The van der Waals surface area contributed by atoms with Gasteiger partial charge in [0.1, 0.15) is 0 Å². The molecule has 1 aliphatic rings. The van der Waals surface area contributed by atoms with Crippen molar-refractivity contribution in [1.82, 2.24) is 4.90 Å². The van der Waals surface area contributed by atoms with E-state index in [4.69, 9.17) is 5.11 Å². The molecule has 0 saturated carbocycles. The molecule has 0 aromatic carbocycles. The Morgan fingerprint density at radius 2 is 2.13 bits per heavy atom. The van der Waals surface area contributed by atoms with Gasteiger partial charge in [0.2, 0.25) is 5.84 Å². The van der Waals surface area contributed by atoms with Crippen LogP contribution in [-0.2, 0) is 4.79 Å². The van der Waals surface area contributed by atoms with Crippen molar-refractivity contribution in [2.75, 3.05) is 13.6 Å². The molecule has 1 N–H and O–H groups in total. The van der Waals surface area contributed by atoms with E-state index >= 15 is 0 Å². The molecule has 0 spiro atoms. The Labute approximate surface area is 91.0 Å². The number of nitrogens with zero attached hydrogens (tertiary/aromatic N) is 2. The van der Waals surface area contributed by atoms with Gasteiger partial charge >= 0.3 is 5.97 Å². The lowest BCUT2D eigenvalue weighted by atomic mass is 9.81. The van der Waals surface area contributed by atoms with E-state index in [2.05, 4.69) is 25.8 Å². The van der Waals surface area contributed by atoms with Gasteiger partial charge in [0.25, 0.3) is 0 Å². The van der Waals surface area contributed by atoms with Crippen molar-refractivity contribution in [2.45, 2.75) is 39.7 Å². The first kappa shape index (κ1) is 12.0. The summed E-state index contributed by atoms with van der Waals surface area (Å²) < 4.78 is 0. The second-order valence-corrected chi connectivity index (χ2v) is 5.03. The van der Waals surface area contributed by atoms with Crippen LogP contribution in [0.5, 0.6) is 0 Å². The van der Waals surface area contributed by atoms with Gasteiger partial charge < -0.3 is 10.0 Å². The predicted octanol–water partition coefficient (Wildman–Crippen LogP) is 1.61. The van der Waals surface area contributed by atoms with Gasteiger partial charge in [-0.1, -0.05) is 13.8 Å². The molecule has 86 valence electrons. The lowest BCUT2D eigenvalue weighted by Crippen LogP contribution is -2.50. The van der Waals surface area contributed by atoms with Crippen LogP contribution in [0.4, 0.5) is 0 Å². The maximum Gasteiger partial charge on any atom is 0.371 e. The predicted molar refractivity (Wildman–Crippen MR) is 60.2 cm³/mol. The number of hydrogen-bond acceptors (Lipinski definition) is 2. The van der Waals surface area contributed by atoms with Crippen LogP contribution in [0.25, 0.3) is 0 Å². The Morgan fingerprint density at radius 3 is 2.60 bits per heavy atom. The molecule has 0 bridgehead atoms. The minimum atomic E-state index is -0.929. The Kier molecular flexibility index (Phi) is 3.37. The van der Waals surface area contributed by atoms with Crippen LogP contribution in [0.3, 0.4) is 0 Å². The quantitative estimate of drug-likeness (QED) is 0.490. The zero-order chi connectivity index (χ0) is 11.6. The van der Waals surface area contributed by atoms with E-state index in [-0.39, 0.29) is 17.3 Å². The van der Waals surface area contributed by atoms with E-state index in [0.717, 1.165) is 19.4 Å². The van der Waals surface area contributed by atoms with Crippen LogP contribution in [0.15, 0.2) is 4.99 Å². The average molecular weight is 212 g/mol. The van der Waals surface area contributed by atoms with E-state index in [0.29, 0.717) is 0 Å². The van der Waals surface area contributed by atoms with Crippen LogP contribution >= 0.6 is 0 Å². The van der Waals surface area contributed by atoms with Crippen molar-refractivity contribution in [2.24, 2.45) is 10.4 Å². The number of carbonyl (C=O) groups is 1. The van der Waals surface area contributed by atoms with E-state index in [1.807, 2.05) is 4.90 Å². The summed E-state index contributed by atoms with van der Waals surface area (Å²) in [5.41, 5.74) is 0.178. The van der Waals surface area contributed by atoms with Crippen molar-refractivity contribution in [1.29, 1.82) is 0 Å². The van der Waals surface area contributed by atoms with Crippen molar-refractivity contribution in [3.63, 3.8) is 0 Å². The summed E-state index contributed by atoms with van der Waals surface area (Å²) in [7, 11) is 1.54. The van der Waals surface area contributed by atoms with Crippen LogP contribution in [0, 0.1) is 5.41 Å². The molecule has 0 radical (unpaired) electrons. The molecule has 4 nitrogen and oxygen atoms in total. The smallest absolute Gasteiger partial charge is 0.371 e. The Morgan fingerprint density at radius 1 is 1.53 bits per heavy atom. The zero-order valence-electron chi connectivity index (χ0n) is 9.95. The number of rotatable bonds is 0. The average Bonchev–Trinajstić information content (AvgIpc) is 2.11. The molecule has 1 aliphatic heterocycles. The number of piperidine rings is 1. The van der Waals surface area contributed by atoms with Gasteiger partial charge in [-0.05, 0) is 25.2 Å². The number of likely N-dealkylation sites (tertiary alicyclic amines) is 1. The zero-order valence-corrected chi connectivity index (χ0v) is 9.95. The van der Waals surface area contributed by atoms with Crippen molar-refractivity contribution in [3.05, 3.63) is 0 Å². The van der Waals surface area contributed by atoms with E-state index in [9.17, 15) is 4.79 Å². The molecule has 1 saturated heterocycles. The minimum absolute atomic E-state index is 0.178. The fourth-order valence-corrected chi connectivity index (χ4v) is 2.08. The lowest BCUT2D eigenvalue weighted by Gasteiger charge is -2.43. The molecule has 1 unspecified atom stereocenters. The molecular weight excluding hydrogens is 192 g/mol.